The first-order chi connectivity index (χ1) is 9.72. The number of pyridine rings is 1. The average Bonchev–Trinajstić information content (AvgIpc) is 2.78. The molecule has 2 aromatic rings. The lowest BCUT2D eigenvalue weighted by atomic mass is 9.82. The van der Waals surface area contributed by atoms with Gasteiger partial charge in [0.15, 0.2) is 0 Å². The molecule has 5 heteroatoms. The van der Waals surface area contributed by atoms with E-state index in [1.54, 1.807) is 0 Å². The molecule has 0 bridgehead atoms. The van der Waals surface area contributed by atoms with Crippen LogP contribution in [0.15, 0.2) is 18.5 Å². The maximum Gasteiger partial charge on any atom is 0.111 e. The molecule has 1 aliphatic rings. The highest BCUT2D eigenvalue weighted by molar-refractivity contribution is 6.17. The Kier molecular flexibility index (Phi) is 3.94. The van der Waals surface area contributed by atoms with Crippen LogP contribution in [0.2, 0.25) is 0 Å². The monoisotopic (exact) mass is 293 g/mol. The van der Waals surface area contributed by atoms with Gasteiger partial charge < -0.3 is 9.30 Å². The third-order valence-electron chi connectivity index (χ3n) is 4.19. The number of nitrogens with zero attached hydrogens (tertiary/aromatic N) is 3. The van der Waals surface area contributed by atoms with Crippen LogP contribution in [0.3, 0.4) is 0 Å². The van der Waals surface area contributed by atoms with Gasteiger partial charge in [-0.05, 0) is 24.3 Å². The first-order valence-electron chi connectivity index (χ1n) is 7.15. The Morgan fingerprint density at radius 1 is 1.40 bits per heavy atom. The zero-order valence-corrected chi connectivity index (χ0v) is 12.6. The Morgan fingerprint density at radius 2 is 2.20 bits per heavy atom. The predicted octanol–water partition coefficient (Wildman–Crippen LogP) is 3.03. The Hall–Kier alpha value is -1.13. The lowest BCUT2D eigenvalue weighted by molar-refractivity contribution is 0.0157. The molecular weight excluding hydrogens is 274 g/mol. The molecule has 0 spiro atoms. The molecule has 0 unspecified atom stereocenters. The molecule has 0 aliphatic carbocycles. The lowest BCUT2D eigenvalue weighted by Crippen LogP contribution is -2.31. The minimum Gasteiger partial charge on any atom is -0.381 e. The predicted molar refractivity (Wildman–Crippen MR) is 80.1 cm³/mol. The van der Waals surface area contributed by atoms with E-state index in [1.165, 1.54) is 0 Å². The Morgan fingerprint density at radius 3 is 2.95 bits per heavy atom. The third-order valence-corrected chi connectivity index (χ3v) is 4.38. The van der Waals surface area contributed by atoms with Crippen molar-refractivity contribution < 1.29 is 4.74 Å². The average molecular weight is 294 g/mol. The summed E-state index contributed by atoms with van der Waals surface area (Å²) in [6.07, 6.45) is 6.64. The number of imidazole rings is 1. The maximum absolute atomic E-state index is 5.92. The number of halogens is 1. The first-order valence-corrected chi connectivity index (χ1v) is 7.68. The normalized spacial score (nSPS) is 18.5. The fourth-order valence-corrected chi connectivity index (χ4v) is 3.06. The summed E-state index contributed by atoms with van der Waals surface area (Å²) in [5.74, 6) is 1.66. The van der Waals surface area contributed by atoms with Gasteiger partial charge in [-0.1, -0.05) is 6.92 Å². The number of rotatable bonds is 4. The van der Waals surface area contributed by atoms with E-state index >= 15 is 0 Å². The standard InChI is InChI=1S/C15H20ClN3O/c1-15(4-8-20-9-5-15)11-19-13-3-7-17-10-12(13)18-14(19)2-6-16/h3,7,10H,2,4-6,8-9,11H2,1H3. The van der Waals surface area contributed by atoms with Gasteiger partial charge in [-0.3, -0.25) is 4.98 Å². The van der Waals surface area contributed by atoms with Crippen molar-refractivity contribution in [3.8, 4) is 0 Å². The molecule has 0 atom stereocenters. The zero-order valence-electron chi connectivity index (χ0n) is 11.8. The molecule has 1 aliphatic heterocycles. The second kappa shape index (κ2) is 5.70. The van der Waals surface area contributed by atoms with Crippen molar-refractivity contribution in [1.82, 2.24) is 14.5 Å². The summed E-state index contributed by atoms with van der Waals surface area (Å²) in [5, 5.41) is 0. The van der Waals surface area contributed by atoms with E-state index in [-0.39, 0.29) is 5.41 Å². The van der Waals surface area contributed by atoms with Gasteiger partial charge in [-0.15, -0.1) is 11.6 Å². The molecule has 1 fully saturated rings. The van der Waals surface area contributed by atoms with Crippen molar-refractivity contribution in [2.45, 2.75) is 32.7 Å². The largest absolute Gasteiger partial charge is 0.381 e. The highest BCUT2D eigenvalue weighted by atomic mass is 35.5. The Balaban J connectivity index is 1.97. The number of aryl methyl sites for hydroxylation is 1. The molecule has 108 valence electrons. The molecule has 3 heterocycles. The highest BCUT2D eigenvalue weighted by Crippen LogP contribution is 2.33. The SMILES string of the molecule is CC1(Cn2c(CCCl)nc3cnccc32)CCOCC1. The number of hydrogen-bond acceptors (Lipinski definition) is 3. The van der Waals surface area contributed by atoms with Crippen molar-refractivity contribution in [2.24, 2.45) is 5.41 Å². The molecule has 0 aromatic carbocycles. The van der Waals surface area contributed by atoms with Crippen LogP contribution in [0.4, 0.5) is 0 Å². The number of fused-ring (bicyclic) bond motifs is 1. The van der Waals surface area contributed by atoms with Crippen LogP contribution in [0.25, 0.3) is 11.0 Å². The summed E-state index contributed by atoms with van der Waals surface area (Å²) < 4.78 is 7.82. The number of ether oxygens (including phenoxy) is 1. The second-order valence-electron chi connectivity index (χ2n) is 5.84. The van der Waals surface area contributed by atoms with Gasteiger partial charge in [0.05, 0.1) is 11.7 Å². The molecular formula is C15H20ClN3O. The van der Waals surface area contributed by atoms with Crippen LogP contribution in [0, 0.1) is 5.41 Å². The van der Waals surface area contributed by atoms with Gasteiger partial charge in [0.1, 0.15) is 11.3 Å². The number of aromatic nitrogens is 3. The van der Waals surface area contributed by atoms with Crippen LogP contribution < -0.4 is 0 Å². The van der Waals surface area contributed by atoms with Crippen molar-refractivity contribution in [3.05, 3.63) is 24.3 Å². The van der Waals surface area contributed by atoms with Crippen molar-refractivity contribution in [3.63, 3.8) is 0 Å². The van der Waals surface area contributed by atoms with Crippen molar-refractivity contribution >= 4 is 22.6 Å². The molecule has 20 heavy (non-hydrogen) atoms. The van der Waals surface area contributed by atoms with Crippen LogP contribution in [-0.2, 0) is 17.7 Å². The molecule has 0 saturated carbocycles. The summed E-state index contributed by atoms with van der Waals surface area (Å²) in [4.78, 5) is 8.85. The summed E-state index contributed by atoms with van der Waals surface area (Å²) in [6.45, 7) is 5.03. The quantitative estimate of drug-likeness (QED) is 0.814. The summed E-state index contributed by atoms with van der Waals surface area (Å²) in [6, 6.07) is 2.04. The van der Waals surface area contributed by atoms with Crippen LogP contribution >= 0.6 is 11.6 Å². The van der Waals surface area contributed by atoms with Crippen LogP contribution in [0.1, 0.15) is 25.6 Å². The van der Waals surface area contributed by atoms with Crippen molar-refractivity contribution in [1.29, 1.82) is 0 Å². The summed E-state index contributed by atoms with van der Waals surface area (Å²) >= 11 is 5.92. The molecule has 4 nitrogen and oxygen atoms in total. The Bertz CT molecular complexity index is 590. The maximum atomic E-state index is 5.92. The summed E-state index contributed by atoms with van der Waals surface area (Å²) in [7, 11) is 0. The molecule has 2 aromatic heterocycles. The van der Waals surface area contributed by atoms with Gasteiger partial charge >= 0.3 is 0 Å². The van der Waals surface area contributed by atoms with E-state index in [2.05, 4.69) is 21.5 Å². The molecule has 0 amide bonds. The van der Waals surface area contributed by atoms with Gasteiger partial charge in [0.25, 0.3) is 0 Å². The molecule has 3 rings (SSSR count). The second-order valence-corrected chi connectivity index (χ2v) is 6.22. The first kappa shape index (κ1) is 13.8. The topological polar surface area (TPSA) is 39.9 Å². The van der Waals surface area contributed by atoms with Crippen molar-refractivity contribution in [2.75, 3.05) is 19.1 Å². The minimum absolute atomic E-state index is 0.274. The van der Waals surface area contributed by atoms with E-state index in [9.17, 15) is 0 Å². The van der Waals surface area contributed by atoms with E-state index in [4.69, 9.17) is 16.3 Å². The van der Waals surface area contributed by atoms with Crippen LogP contribution in [-0.4, -0.2) is 33.6 Å². The van der Waals surface area contributed by atoms with E-state index in [0.29, 0.717) is 5.88 Å². The van der Waals surface area contributed by atoms with Crippen LogP contribution in [0.5, 0.6) is 0 Å². The lowest BCUT2D eigenvalue weighted by Gasteiger charge is -2.34. The van der Waals surface area contributed by atoms with Gasteiger partial charge in [-0.2, -0.15) is 0 Å². The molecule has 1 saturated heterocycles. The van der Waals surface area contributed by atoms with Gasteiger partial charge in [0.2, 0.25) is 0 Å². The summed E-state index contributed by atoms with van der Waals surface area (Å²) in [5.41, 5.74) is 2.40. The van der Waals surface area contributed by atoms with E-state index < -0.39 is 0 Å². The fourth-order valence-electron chi connectivity index (χ4n) is 2.89. The number of alkyl halides is 1. The Labute approximate surface area is 124 Å². The van der Waals surface area contributed by atoms with E-state index in [1.807, 2.05) is 18.5 Å². The highest BCUT2D eigenvalue weighted by Gasteiger charge is 2.29. The third kappa shape index (κ3) is 2.67. The molecule has 0 radical (unpaired) electrons. The smallest absolute Gasteiger partial charge is 0.111 e. The fraction of sp³-hybridized carbons (Fsp3) is 0.600. The van der Waals surface area contributed by atoms with Gasteiger partial charge in [-0.25, -0.2) is 4.98 Å². The van der Waals surface area contributed by atoms with Gasteiger partial charge in [0, 0.05) is 38.3 Å². The minimum atomic E-state index is 0.274. The molecule has 0 N–H and O–H groups in total. The van der Waals surface area contributed by atoms with E-state index in [0.717, 1.165) is 55.9 Å². The zero-order chi connectivity index (χ0) is 14.0. The number of hydrogen-bond donors (Lipinski definition) is 0.